The molecule has 0 saturated heterocycles. The van der Waals surface area contributed by atoms with Crippen LogP contribution in [-0.4, -0.2) is 15.5 Å². The number of carbonyl (C=O) groups excluding carboxylic acids is 1. The molecule has 0 bridgehead atoms. The van der Waals surface area contributed by atoms with Gasteiger partial charge in [0.05, 0.1) is 11.0 Å². The van der Waals surface area contributed by atoms with Gasteiger partial charge in [-0.2, -0.15) is 0 Å². The van der Waals surface area contributed by atoms with Crippen molar-refractivity contribution in [3.05, 3.63) is 23.8 Å². The van der Waals surface area contributed by atoms with Gasteiger partial charge in [0, 0.05) is 6.92 Å². The number of rotatable bonds is 0. The van der Waals surface area contributed by atoms with Gasteiger partial charge in [-0.1, -0.05) is 6.07 Å². The number of benzene rings is 1. The van der Waals surface area contributed by atoms with Crippen LogP contribution < -0.4 is 5.73 Å². The van der Waals surface area contributed by atoms with Crippen molar-refractivity contribution >= 4 is 22.9 Å². The zero-order chi connectivity index (χ0) is 10.3. The molecule has 4 nitrogen and oxygen atoms in total. The Morgan fingerprint density at radius 1 is 1.50 bits per heavy atom. The molecular formula is C10H11N3O. The second-order valence-electron chi connectivity index (χ2n) is 3.32. The van der Waals surface area contributed by atoms with Crippen molar-refractivity contribution in [1.29, 1.82) is 0 Å². The highest BCUT2D eigenvalue weighted by Gasteiger charge is 2.10. The molecule has 0 aliphatic heterocycles. The first-order valence-electron chi connectivity index (χ1n) is 4.35. The molecule has 0 radical (unpaired) electrons. The molecule has 0 aliphatic carbocycles. The maximum atomic E-state index is 11.3. The van der Waals surface area contributed by atoms with E-state index in [1.807, 2.05) is 25.1 Å². The van der Waals surface area contributed by atoms with Crippen LogP contribution in [0, 0.1) is 6.92 Å². The molecule has 2 aromatic rings. The van der Waals surface area contributed by atoms with Crippen LogP contribution in [0.4, 0.5) is 5.95 Å². The highest BCUT2D eigenvalue weighted by Crippen LogP contribution is 2.18. The Hall–Kier alpha value is -1.84. The molecular weight excluding hydrogens is 178 g/mol. The van der Waals surface area contributed by atoms with Crippen molar-refractivity contribution in [3.8, 4) is 0 Å². The fourth-order valence-electron chi connectivity index (χ4n) is 1.54. The molecule has 0 aliphatic rings. The number of aromatic nitrogens is 2. The van der Waals surface area contributed by atoms with Gasteiger partial charge in [0.15, 0.2) is 0 Å². The third kappa shape index (κ3) is 1.16. The summed E-state index contributed by atoms with van der Waals surface area (Å²) in [5.74, 6) is 0.131. The molecule has 0 amide bonds. The molecule has 0 unspecified atom stereocenters. The Labute approximate surface area is 81.3 Å². The molecule has 72 valence electrons. The summed E-state index contributed by atoms with van der Waals surface area (Å²) in [5.41, 5.74) is 8.26. The number of hydrogen-bond acceptors (Lipinski definition) is 3. The largest absolute Gasteiger partial charge is 0.369 e. The quantitative estimate of drug-likeness (QED) is 0.684. The predicted molar refractivity (Wildman–Crippen MR) is 55.2 cm³/mol. The summed E-state index contributed by atoms with van der Waals surface area (Å²) in [6, 6.07) is 5.70. The van der Waals surface area contributed by atoms with E-state index in [0.29, 0.717) is 0 Å². The minimum absolute atomic E-state index is 0.117. The van der Waals surface area contributed by atoms with Crippen LogP contribution in [0.3, 0.4) is 0 Å². The Morgan fingerprint density at radius 3 is 2.86 bits per heavy atom. The smallest absolute Gasteiger partial charge is 0.230 e. The van der Waals surface area contributed by atoms with E-state index in [1.54, 1.807) is 0 Å². The lowest BCUT2D eigenvalue weighted by Gasteiger charge is -1.99. The summed E-state index contributed by atoms with van der Waals surface area (Å²) in [6.45, 7) is 3.44. The van der Waals surface area contributed by atoms with E-state index in [2.05, 4.69) is 4.98 Å². The molecule has 2 rings (SSSR count). The molecule has 2 N–H and O–H groups in total. The van der Waals surface area contributed by atoms with Gasteiger partial charge in [-0.05, 0) is 24.6 Å². The normalized spacial score (nSPS) is 10.7. The van der Waals surface area contributed by atoms with Crippen LogP contribution in [0.15, 0.2) is 18.2 Å². The van der Waals surface area contributed by atoms with E-state index in [0.717, 1.165) is 16.6 Å². The highest BCUT2D eigenvalue weighted by atomic mass is 16.1. The number of nitrogens with two attached hydrogens (primary N) is 1. The zero-order valence-corrected chi connectivity index (χ0v) is 8.11. The van der Waals surface area contributed by atoms with Gasteiger partial charge in [-0.25, -0.2) is 9.55 Å². The summed E-state index contributed by atoms with van der Waals surface area (Å²) in [4.78, 5) is 15.4. The number of aryl methyl sites for hydroxylation is 1. The maximum absolute atomic E-state index is 11.3. The lowest BCUT2D eigenvalue weighted by Crippen LogP contribution is -2.09. The molecule has 14 heavy (non-hydrogen) atoms. The third-order valence-electron chi connectivity index (χ3n) is 2.15. The number of hydrogen-bond donors (Lipinski definition) is 1. The van der Waals surface area contributed by atoms with E-state index in [4.69, 9.17) is 5.73 Å². The van der Waals surface area contributed by atoms with E-state index >= 15 is 0 Å². The van der Waals surface area contributed by atoms with Gasteiger partial charge in [0.25, 0.3) is 0 Å². The van der Waals surface area contributed by atoms with Gasteiger partial charge in [-0.15, -0.1) is 0 Å². The highest BCUT2D eigenvalue weighted by molar-refractivity contribution is 5.92. The molecule has 1 aromatic heterocycles. The van der Waals surface area contributed by atoms with Crippen molar-refractivity contribution in [2.24, 2.45) is 0 Å². The van der Waals surface area contributed by atoms with Crippen molar-refractivity contribution in [3.63, 3.8) is 0 Å². The molecule has 0 fully saturated rings. The lowest BCUT2D eigenvalue weighted by molar-refractivity contribution is 0.0943. The first-order valence-corrected chi connectivity index (χ1v) is 4.35. The van der Waals surface area contributed by atoms with Gasteiger partial charge >= 0.3 is 0 Å². The van der Waals surface area contributed by atoms with Crippen LogP contribution in [0.2, 0.25) is 0 Å². The van der Waals surface area contributed by atoms with Crippen LogP contribution >= 0.6 is 0 Å². The Bertz CT molecular complexity index is 513. The van der Waals surface area contributed by atoms with Gasteiger partial charge in [0.2, 0.25) is 11.9 Å². The first-order chi connectivity index (χ1) is 6.59. The van der Waals surface area contributed by atoms with E-state index in [-0.39, 0.29) is 11.9 Å². The zero-order valence-electron chi connectivity index (χ0n) is 8.11. The van der Waals surface area contributed by atoms with Crippen LogP contribution in [0.1, 0.15) is 17.3 Å². The van der Waals surface area contributed by atoms with Gasteiger partial charge in [-0.3, -0.25) is 4.79 Å². The number of carbonyl (C=O) groups is 1. The monoisotopic (exact) mass is 189 g/mol. The minimum atomic E-state index is -0.117. The van der Waals surface area contributed by atoms with E-state index in [9.17, 15) is 4.79 Å². The van der Waals surface area contributed by atoms with Crippen LogP contribution in [-0.2, 0) is 0 Å². The molecule has 0 atom stereocenters. The molecule has 4 heteroatoms. The summed E-state index contributed by atoms with van der Waals surface area (Å²) in [7, 11) is 0. The number of fused-ring (bicyclic) bond motifs is 1. The summed E-state index contributed by atoms with van der Waals surface area (Å²) >= 11 is 0. The van der Waals surface area contributed by atoms with Gasteiger partial charge in [0.1, 0.15) is 0 Å². The van der Waals surface area contributed by atoms with Crippen LogP contribution in [0.5, 0.6) is 0 Å². The lowest BCUT2D eigenvalue weighted by atomic mass is 10.2. The van der Waals surface area contributed by atoms with Crippen molar-refractivity contribution in [2.45, 2.75) is 13.8 Å². The van der Waals surface area contributed by atoms with Crippen molar-refractivity contribution in [1.82, 2.24) is 9.55 Å². The second-order valence-corrected chi connectivity index (χ2v) is 3.32. The van der Waals surface area contributed by atoms with Crippen molar-refractivity contribution in [2.75, 3.05) is 5.73 Å². The average Bonchev–Trinajstić information content (AvgIpc) is 2.39. The van der Waals surface area contributed by atoms with Crippen molar-refractivity contribution < 1.29 is 4.79 Å². The first kappa shape index (κ1) is 8.74. The molecule has 0 saturated carbocycles. The minimum Gasteiger partial charge on any atom is -0.369 e. The Balaban J connectivity index is 2.84. The fraction of sp³-hybridized carbons (Fsp3) is 0.200. The van der Waals surface area contributed by atoms with Gasteiger partial charge < -0.3 is 5.73 Å². The van der Waals surface area contributed by atoms with E-state index in [1.165, 1.54) is 11.5 Å². The van der Waals surface area contributed by atoms with Crippen LogP contribution in [0.25, 0.3) is 11.0 Å². The number of nitrogens with zero attached hydrogens (tertiary/aromatic N) is 2. The average molecular weight is 189 g/mol. The molecule has 0 spiro atoms. The fourth-order valence-corrected chi connectivity index (χ4v) is 1.54. The number of nitrogen functional groups attached to an aromatic ring is 1. The Kier molecular flexibility index (Phi) is 1.77. The SMILES string of the molecule is CC(=O)n1c(N)nc2cc(C)ccc21. The molecule has 1 heterocycles. The Morgan fingerprint density at radius 2 is 2.21 bits per heavy atom. The van der Waals surface area contributed by atoms with E-state index < -0.39 is 0 Å². The second kappa shape index (κ2) is 2.83. The number of imidazole rings is 1. The maximum Gasteiger partial charge on any atom is 0.230 e. The summed E-state index contributed by atoms with van der Waals surface area (Å²) in [6.07, 6.45) is 0. The summed E-state index contributed by atoms with van der Waals surface area (Å²) in [5, 5.41) is 0. The predicted octanol–water partition coefficient (Wildman–Crippen LogP) is 1.59. The molecule has 1 aromatic carbocycles. The third-order valence-corrected chi connectivity index (χ3v) is 2.15. The number of anilines is 1. The summed E-state index contributed by atoms with van der Waals surface area (Å²) < 4.78 is 1.41. The topological polar surface area (TPSA) is 60.9 Å². The standard InChI is InChI=1S/C10H11N3O/c1-6-3-4-9-8(5-6)12-10(11)13(9)7(2)14/h3-5H,1-2H3,(H2,11,12).